The van der Waals surface area contributed by atoms with Crippen LogP contribution in [0.15, 0.2) is 23.1 Å². The minimum absolute atomic E-state index is 0.292. The molecule has 1 unspecified atom stereocenters. The molecule has 1 heterocycles. The summed E-state index contributed by atoms with van der Waals surface area (Å²) in [7, 11) is -3.44. The highest BCUT2D eigenvalue weighted by molar-refractivity contribution is 8.00. The van der Waals surface area contributed by atoms with Gasteiger partial charge in [-0.25, -0.2) is 13.1 Å². The number of rotatable bonds is 4. The number of aryl methyl sites for hydroxylation is 1. The fraction of sp³-hybridized carbons (Fsp3) is 0.467. The van der Waals surface area contributed by atoms with Crippen molar-refractivity contribution in [3.8, 4) is 11.8 Å². The predicted octanol–water partition coefficient (Wildman–Crippen LogP) is 1.48. The molecule has 114 valence electrons. The van der Waals surface area contributed by atoms with Crippen LogP contribution in [0, 0.1) is 18.8 Å². The first kappa shape index (κ1) is 16.4. The van der Waals surface area contributed by atoms with Gasteiger partial charge in [0.25, 0.3) is 0 Å². The summed E-state index contributed by atoms with van der Waals surface area (Å²) < 4.78 is 27.3. The fourth-order valence-corrected chi connectivity index (χ4v) is 4.65. The monoisotopic (exact) mass is 324 g/mol. The number of hydrogen-bond donors (Lipinski definition) is 2. The van der Waals surface area contributed by atoms with Crippen molar-refractivity contribution >= 4 is 21.8 Å². The van der Waals surface area contributed by atoms with E-state index in [-0.39, 0.29) is 0 Å². The molecule has 21 heavy (non-hydrogen) atoms. The summed E-state index contributed by atoms with van der Waals surface area (Å²) in [5.74, 6) is 6.84. The molecular weight excluding hydrogens is 304 g/mol. The highest BCUT2D eigenvalue weighted by atomic mass is 32.2. The molecule has 1 aromatic rings. The molecule has 4 nitrogen and oxygen atoms in total. The van der Waals surface area contributed by atoms with Gasteiger partial charge in [-0.15, -0.1) is 0 Å². The molecule has 1 aliphatic rings. The maximum atomic E-state index is 12.3. The van der Waals surface area contributed by atoms with Crippen LogP contribution in [0.4, 0.5) is 0 Å². The summed E-state index contributed by atoms with van der Waals surface area (Å²) in [6, 6.07) is 4.99. The molecule has 2 rings (SSSR count). The summed E-state index contributed by atoms with van der Waals surface area (Å²) in [6.45, 7) is 2.65. The second kappa shape index (κ2) is 7.32. The van der Waals surface area contributed by atoms with Crippen LogP contribution in [0.5, 0.6) is 0 Å². The molecule has 1 aromatic carbocycles. The average Bonchev–Trinajstić information content (AvgIpc) is 2.97. The minimum atomic E-state index is -3.44. The van der Waals surface area contributed by atoms with E-state index in [2.05, 4.69) is 16.6 Å². The topological polar surface area (TPSA) is 72.2 Å². The molecule has 6 heteroatoms. The standard InChI is InChI=1S/C15H20N2O2S2/c1-12-10-15(7-6-13(12)4-2-8-16)21(18,19)17-11-14-5-3-9-20-14/h6-7,10,14,17H,3,5,8-9,11,16H2,1H3. The third-order valence-electron chi connectivity index (χ3n) is 3.36. The van der Waals surface area contributed by atoms with Gasteiger partial charge in [0.15, 0.2) is 0 Å². The van der Waals surface area contributed by atoms with Gasteiger partial charge < -0.3 is 5.73 Å². The molecule has 0 aliphatic carbocycles. The van der Waals surface area contributed by atoms with Crippen LogP contribution >= 0.6 is 11.8 Å². The highest BCUT2D eigenvalue weighted by Gasteiger charge is 2.20. The Labute approximate surface area is 130 Å². The Hall–Kier alpha value is -1.00. The molecule has 0 spiro atoms. The lowest BCUT2D eigenvalue weighted by Gasteiger charge is -2.11. The third kappa shape index (κ3) is 4.48. The smallest absolute Gasteiger partial charge is 0.240 e. The fourth-order valence-electron chi connectivity index (χ4n) is 2.18. The summed E-state index contributed by atoms with van der Waals surface area (Å²) in [5.41, 5.74) is 7.00. The van der Waals surface area contributed by atoms with Crippen molar-refractivity contribution in [2.24, 2.45) is 5.73 Å². The number of sulfonamides is 1. The van der Waals surface area contributed by atoms with Crippen molar-refractivity contribution < 1.29 is 8.42 Å². The molecule has 3 N–H and O–H groups in total. The zero-order valence-corrected chi connectivity index (χ0v) is 13.7. The number of thioether (sulfide) groups is 1. The van der Waals surface area contributed by atoms with E-state index < -0.39 is 10.0 Å². The summed E-state index contributed by atoms with van der Waals surface area (Å²) in [4.78, 5) is 0.293. The normalized spacial score (nSPS) is 18.3. The lowest BCUT2D eigenvalue weighted by Crippen LogP contribution is -2.29. The van der Waals surface area contributed by atoms with Crippen LogP contribution in [0.3, 0.4) is 0 Å². The predicted molar refractivity (Wildman–Crippen MR) is 87.8 cm³/mol. The van der Waals surface area contributed by atoms with Gasteiger partial charge in [0.1, 0.15) is 0 Å². The molecule has 1 aliphatic heterocycles. The molecule has 0 bridgehead atoms. The van der Waals surface area contributed by atoms with Gasteiger partial charge in [0, 0.05) is 17.4 Å². The van der Waals surface area contributed by atoms with Gasteiger partial charge in [-0.1, -0.05) is 11.8 Å². The summed E-state index contributed by atoms with van der Waals surface area (Å²) in [6.07, 6.45) is 2.25. The van der Waals surface area contributed by atoms with Crippen molar-refractivity contribution in [1.29, 1.82) is 0 Å². The highest BCUT2D eigenvalue weighted by Crippen LogP contribution is 2.25. The van der Waals surface area contributed by atoms with E-state index in [0.29, 0.717) is 23.2 Å². The van der Waals surface area contributed by atoms with Crippen molar-refractivity contribution in [2.75, 3.05) is 18.8 Å². The first-order chi connectivity index (χ1) is 10.0. The molecule has 0 saturated carbocycles. The van der Waals surface area contributed by atoms with E-state index in [9.17, 15) is 8.42 Å². The molecule has 0 aromatic heterocycles. The second-order valence-electron chi connectivity index (χ2n) is 4.97. The van der Waals surface area contributed by atoms with Crippen molar-refractivity contribution in [1.82, 2.24) is 4.72 Å². The van der Waals surface area contributed by atoms with Crippen molar-refractivity contribution in [3.05, 3.63) is 29.3 Å². The molecule has 0 radical (unpaired) electrons. The van der Waals surface area contributed by atoms with Crippen LogP contribution in [-0.4, -0.2) is 32.5 Å². The van der Waals surface area contributed by atoms with E-state index in [1.807, 2.05) is 18.7 Å². The average molecular weight is 324 g/mol. The third-order valence-corrected chi connectivity index (χ3v) is 6.18. The van der Waals surface area contributed by atoms with Crippen LogP contribution < -0.4 is 10.5 Å². The zero-order chi connectivity index (χ0) is 15.3. The summed E-state index contributed by atoms with van der Waals surface area (Å²) in [5, 5.41) is 0.399. The Kier molecular flexibility index (Phi) is 5.71. The molecular formula is C15H20N2O2S2. The lowest BCUT2D eigenvalue weighted by atomic mass is 10.1. The maximum Gasteiger partial charge on any atom is 0.240 e. The summed E-state index contributed by atoms with van der Waals surface area (Å²) >= 11 is 1.84. The van der Waals surface area contributed by atoms with Crippen LogP contribution in [0.25, 0.3) is 0 Å². The Bertz CT molecular complexity index is 654. The zero-order valence-electron chi connectivity index (χ0n) is 12.1. The van der Waals surface area contributed by atoms with E-state index in [4.69, 9.17) is 5.73 Å². The van der Waals surface area contributed by atoms with Crippen LogP contribution in [0.1, 0.15) is 24.0 Å². The van der Waals surface area contributed by atoms with Gasteiger partial charge in [-0.3, -0.25) is 0 Å². The first-order valence-electron chi connectivity index (χ1n) is 6.94. The number of hydrogen-bond acceptors (Lipinski definition) is 4. The van der Waals surface area contributed by atoms with E-state index in [1.54, 1.807) is 18.2 Å². The molecule has 0 amide bonds. The Morgan fingerprint density at radius 2 is 2.29 bits per heavy atom. The minimum Gasteiger partial charge on any atom is -0.320 e. The Morgan fingerprint density at radius 3 is 2.90 bits per heavy atom. The molecule has 1 saturated heterocycles. The van der Waals surface area contributed by atoms with Gasteiger partial charge in [0.2, 0.25) is 10.0 Å². The quantitative estimate of drug-likeness (QED) is 0.823. The largest absolute Gasteiger partial charge is 0.320 e. The van der Waals surface area contributed by atoms with Gasteiger partial charge >= 0.3 is 0 Å². The first-order valence-corrected chi connectivity index (χ1v) is 9.47. The van der Waals surface area contributed by atoms with Gasteiger partial charge in [-0.2, -0.15) is 11.8 Å². The van der Waals surface area contributed by atoms with Crippen LogP contribution in [0.2, 0.25) is 0 Å². The van der Waals surface area contributed by atoms with Crippen molar-refractivity contribution in [2.45, 2.75) is 29.9 Å². The van der Waals surface area contributed by atoms with E-state index in [0.717, 1.165) is 23.3 Å². The second-order valence-corrected chi connectivity index (χ2v) is 8.14. The lowest BCUT2D eigenvalue weighted by molar-refractivity contribution is 0.579. The number of nitrogens with one attached hydrogen (secondary N) is 1. The number of benzene rings is 1. The Morgan fingerprint density at radius 1 is 1.48 bits per heavy atom. The maximum absolute atomic E-state index is 12.3. The van der Waals surface area contributed by atoms with E-state index in [1.165, 1.54) is 6.42 Å². The van der Waals surface area contributed by atoms with Gasteiger partial charge in [-0.05, 0) is 49.3 Å². The molecule has 1 atom stereocenters. The van der Waals surface area contributed by atoms with Crippen molar-refractivity contribution in [3.63, 3.8) is 0 Å². The van der Waals surface area contributed by atoms with Crippen LogP contribution in [-0.2, 0) is 10.0 Å². The van der Waals surface area contributed by atoms with E-state index >= 15 is 0 Å². The number of nitrogens with two attached hydrogens (primary N) is 1. The molecule has 1 fully saturated rings. The Balaban J connectivity index is 2.10. The SMILES string of the molecule is Cc1cc(S(=O)(=O)NCC2CCCS2)ccc1C#CCN. The van der Waals surface area contributed by atoms with Gasteiger partial charge in [0.05, 0.1) is 11.4 Å².